The highest BCUT2D eigenvalue weighted by Gasteiger charge is 2.39. The molecule has 3 heterocycles. The van der Waals surface area contributed by atoms with Gasteiger partial charge in [-0.15, -0.1) is 11.3 Å². The fraction of sp³-hybridized carbons (Fsp3) is 0.529. The largest absolute Gasteiger partial charge is 0.459 e. The van der Waals surface area contributed by atoms with E-state index in [1.807, 2.05) is 4.90 Å². The van der Waals surface area contributed by atoms with Gasteiger partial charge in [0.2, 0.25) is 5.91 Å². The number of amides is 1. The first-order valence-corrected chi connectivity index (χ1v) is 9.41. The van der Waals surface area contributed by atoms with Crippen molar-refractivity contribution >= 4 is 28.2 Å². The number of nitrogens with zero attached hydrogens (tertiary/aromatic N) is 3. The van der Waals surface area contributed by atoms with Crippen molar-refractivity contribution in [3.8, 4) is 0 Å². The second-order valence-electron chi connectivity index (χ2n) is 6.63. The van der Waals surface area contributed by atoms with Gasteiger partial charge in [0.05, 0.1) is 11.6 Å². The number of fused-ring (bicyclic) bond motifs is 1. The van der Waals surface area contributed by atoms with Gasteiger partial charge in [-0.25, -0.2) is 4.98 Å². The van der Waals surface area contributed by atoms with Crippen molar-refractivity contribution in [2.75, 3.05) is 6.54 Å². The minimum absolute atomic E-state index is 0.0450. The van der Waals surface area contributed by atoms with Crippen molar-refractivity contribution < 1.29 is 14.3 Å². The molecule has 2 fully saturated rings. The van der Waals surface area contributed by atoms with Gasteiger partial charge in [-0.2, -0.15) is 0 Å². The SMILES string of the molecule is O=C(OCc1cc(=O)n2ccsc2n1)[C@H]1CC(=O)N(C2CCCC2)C1. The summed E-state index contributed by atoms with van der Waals surface area (Å²) in [5.41, 5.74) is 0.235. The molecular formula is C17H19N3O4S. The average Bonchev–Trinajstić information content (AvgIpc) is 3.32. The summed E-state index contributed by atoms with van der Waals surface area (Å²) >= 11 is 1.35. The Hall–Kier alpha value is -2.22. The number of likely N-dealkylation sites (tertiary alicyclic amines) is 1. The first kappa shape index (κ1) is 16.3. The first-order valence-electron chi connectivity index (χ1n) is 8.54. The Bertz CT molecular complexity index is 868. The maximum atomic E-state index is 12.3. The van der Waals surface area contributed by atoms with E-state index in [-0.39, 0.29) is 36.5 Å². The second-order valence-corrected chi connectivity index (χ2v) is 7.51. The molecule has 4 rings (SSSR count). The third kappa shape index (κ3) is 3.18. The van der Waals surface area contributed by atoms with Crippen molar-refractivity contribution in [1.82, 2.24) is 14.3 Å². The van der Waals surface area contributed by atoms with Gasteiger partial charge in [-0.3, -0.25) is 18.8 Å². The van der Waals surface area contributed by atoms with Crippen molar-refractivity contribution in [1.29, 1.82) is 0 Å². The Morgan fingerprint density at radius 3 is 2.92 bits per heavy atom. The van der Waals surface area contributed by atoms with E-state index < -0.39 is 5.92 Å². The molecule has 0 spiro atoms. The van der Waals surface area contributed by atoms with E-state index in [2.05, 4.69) is 4.98 Å². The first-order chi connectivity index (χ1) is 12.1. The predicted molar refractivity (Wildman–Crippen MR) is 91.2 cm³/mol. The Morgan fingerprint density at radius 2 is 2.12 bits per heavy atom. The number of aromatic nitrogens is 2. The Labute approximate surface area is 148 Å². The molecule has 1 saturated carbocycles. The Kier molecular flexibility index (Phi) is 4.29. The molecule has 25 heavy (non-hydrogen) atoms. The molecule has 0 radical (unpaired) electrons. The lowest BCUT2D eigenvalue weighted by Gasteiger charge is -2.23. The van der Waals surface area contributed by atoms with E-state index in [1.165, 1.54) is 21.8 Å². The van der Waals surface area contributed by atoms with E-state index in [0.717, 1.165) is 25.7 Å². The molecule has 0 N–H and O–H groups in total. The maximum Gasteiger partial charge on any atom is 0.311 e. The number of carbonyl (C=O) groups is 2. The Morgan fingerprint density at radius 1 is 1.32 bits per heavy atom. The van der Waals surface area contributed by atoms with E-state index in [9.17, 15) is 14.4 Å². The highest BCUT2D eigenvalue weighted by molar-refractivity contribution is 7.15. The van der Waals surface area contributed by atoms with Crippen molar-refractivity contribution in [2.45, 2.75) is 44.8 Å². The summed E-state index contributed by atoms with van der Waals surface area (Å²) in [4.78, 5) is 43.2. The van der Waals surface area contributed by atoms with Crippen LogP contribution in [0.4, 0.5) is 0 Å². The number of carbonyl (C=O) groups excluding carboxylic acids is 2. The number of rotatable bonds is 4. The number of ether oxygens (including phenoxy) is 1. The van der Waals surface area contributed by atoms with Crippen LogP contribution in [0.5, 0.6) is 0 Å². The summed E-state index contributed by atoms with van der Waals surface area (Å²) < 4.78 is 6.78. The molecule has 132 valence electrons. The molecule has 2 aliphatic rings. The lowest BCUT2D eigenvalue weighted by atomic mass is 10.1. The normalized spacial score (nSPS) is 21.4. The van der Waals surface area contributed by atoms with E-state index in [0.29, 0.717) is 17.2 Å². The third-order valence-corrected chi connectivity index (χ3v) is 5.73. The molecule has 0 bridgehead atoms. The van der Waals surface area contributed by atoms with Gasteiger partial charge >= 0.3 is 5.97 Å². The van der Waals surface area contributed by atoms with Crippen molar-refractivity contribution in [3.05, 3.63) is 33.7 Å². The number of hydrogen-bond acceptors (Lipinski definition) is 6. The van der Waals surface area contributed by atoms with Crippen LogP contribution in [0.25, 0.3) is 4.96 Å². The van der Waals surface area contributed by atoms with Crippen LogP contribution in [0.15, 0.2) is 22.4 Å². The molecule has 1 aliphatic heterocycles. The van der Waals surface area contributed by atoms with Gasteiger partial charge < -0.3 is 9.64 Å². The van der Waals surface area contributed by atoms with Crippen LogP contribution in [-0.4, -0.2) is 38.7 Å². The van der Waals surface area contributed by atoms with Gasteiger partial charge in [0, 0.05) is 36.7 Å². The van der Waals surface area contributed by atoms with Gasteiger partial charge in [0.1, 0.15) is 6.61 Å². The van der Waals surface area contributed by atoms with Gasteiger partial charge in [-0.1, -0.05) is 12.8 Å². The summed E-state index contributed by atoms with van der Waals surface area (Å²) in [6.45, 7) is 0.402. The third-order valence-electron chi connectivity index (χ3n) is 4.98. The summed E-state index contributed by atoms with van der Waals surface area (Å²) in [6.07, 6.45) is 6.23. The summed E-state index contributed by atoms with van der Waals surface area (Å²) in [5, 5.41) is 1.78. The molecular weight excluding hydrogens is 342 g/mol. The quantitative estimate of drug-likeness (QED) is 0.773. The molecule has 1 aliphatic carbocycles. The van der Waals surface area contributed by atoms with E-state index in [1.54, 1.807) is 11.6 Å². The molecule has 0 unspecified atom stereocenters. The van der Waals surface area contributed by atoms with Gasteiger partial charge in [0.25, 0.3) is 5.56 Å². The van der Waals surface area contributed by atoms with Gasteiger partial charge in [0.15, 0.2) is 4.96 Å². The lowest BCUT2D eigenvalue weighted by molar-refractivity contribution is -0.149. The molecule has 7 nitrogen and oxygen atoms in total. The van der Waals surface area contributed by atoms with E-state index >= 15 is 0 Å². The zero-order chi connectivity index (χ0) is 17.4. The van der Waals surface area contributed by atoms with Crippen LogP contribution < -0.4 is 5.56 Å². The van der Waals surface area contributed by atoms with Crippen LogP contribution in [0, 0.1) is 5.92 Å². The molecule has 0 aromatic carbocycles. The average molecular weight is 361 g/mol. The van der Waals surface area contributed by atoms with Crippen LogP contribution in [0.2, 0.25) is 0 Å². The molecule has 2 aromatic heterocycles. The smallest absolute Gasteiger partial charge is 0.311 e. The van der Waals surface area contributed by atoms with Crippen LogP contribution >= 0.6 is 11.3 Å². The highest BCUT2D eigenvalue weighted by atomic mass is 32.1. The fourth-order valence-electron chi connectivity index (χ4n) is 3.68. The highest BCUT2D eigenvalue weighted by Crippen LogP contribution is 2.30. The van der Waals surface area contributed by atoms with E-state index in [4.69, 9.17) is 4.74 Å². The molecule has 1 amide bonds. The topological polar surface area (TPSA) is 81.0 Å². The van der Waals surface area contributed by atoms with Crippen LogP contribution in [0.3, 0.4) is 0 Å². The molecule has 1 saturated heterocycles. The van der Waals surface area contributed by atoms with Gasteiger partial charge in [-0.05, 0) is 12.8 Å². The number of hydrogen-bond donors (Lipinski definition) is 0. The lowest BCUT2D eigenvalue weighted by Crippen LogP contribution is -2.35. The fourth-order valence-corrected chi connectivity index (χ4v) is 4.42. The zero-order valence-electron chi connectivity index (χ0n) is 13.7. The summed E-state index contributed by atoms with van der Waals surface area (Å²) in [7, 11) is 0. The summed E-state index contributed by atoms with van der Waals surface area (Å²) in [5.74, 6) is -0.757. The second kappa shape index (κ2) is 6.59. The zero-order valence-corrected chi connectivity index (χ0v) is 14.5. The minimum atomic E-state index is -0.417. The monoisotopic (exact) mass is 361 g/mol. The Balaban J connectivity index is 1.38. The number of thiazole rings is 1. The van der Waals surface area contributed by atoms with Crippen molar-refractivity contribution in [3.63, 3.8) is 0 Å². The molecule has 1 atom stereocenters. The standard InChI is InChI=1S/C17H19N3O4S/c21-14-7-11(9-20(14)13-3-1-2-4-13)16(23)24-10-12-8-15(22)19-5-6-25-17(19)18-12/h5-6,8,11,13H,1-4,7,9-10H2/t11-/m0/s1. The van der Waals surface area contributed by atoms with Crippen molar-refractivity contribution in [2.24, 2.45) is 5.92 Å². The minimum Gasteiger partial charge on any atom is -0.459 e. The summed E-state index contributed by atoms with van der Waals surface area (Å²) in [6, 6.07) is 1.66. The van der Waals surface area contributed by atoms with Crippen LogP contribution in [-0.2, 0) is 20.9 Å². The number of esters is 1. The molecule has 2 aromatic rings. The molecule has 8 heteroatoms. The maximum absolute atomic E-state index is 12.3. The van der Waals surface area contributed by atoms with Crippen LogP contribution in [0.1, 0.15) is 37.8 Å². The predicted octanol–water partition coefficient (Wildman–Crippen LogP) is 1.59.